The van der Waals surface area contributed by atoms with Crippen molar-refractivity contribution in [2.24, 2.45) is 11.8 Å². The van der Waals surface area contributed by atoms with Crippen molar-refractivity contribution in [3.05, 3.63) is 0 Å². The maximum atomic E-state index is 11.8. The van der Waals surface area contributed by atoms with Gasteiger partial charge in [-0.15, -0.1) is 0 Å². The molecule has 104 valence electrons. The van der Waals surface area contributed by atoms with Crippen molar-refractivity contribution in [3.63, 3.8) is 0 Å². The first-order chi connectivity index (χ1) is 8.41. The molecule has 0 aromatic heterocycles. The van der Waals surface area contributed by atoms with E-state index < -0.39 is 12.0 Å². The molecule has 0 aromatic carbocycles. The summed E-state index contributed by atoms with van der Waals surface area (Å²) in [6, 6.07) is -1.03. The predicted molar refractivity (Wildman–Crippen MR) is 69.3 cm³/mol. The smallest absolute Gasteiger partial charge is 0.326 e. The number of carboxylic acids is 1. The number of hydrogen-bond acceptors (Lipinski definition) is 2. The third-order valence-corrected chi connectivity index (χ3v) is 3.65. The maximum absolute atomic E-state index is 11.8. The van der Waals surface area contributed by atoms with Crippen LogP contribution in [0.15, 0.2) is 0 Å². The number of urea groups is 1. The molecule has 0 aromatic rings. The zero-order valence-corrected chi connectivity index (χ0v) is 11.4. The number of amides is 2. The Morgan fingerprint density at radius 2 is 1.83 bits per heavy atom. The molecular weight excluding hydrogens is 232 g/mol. The Morgan fingerprint density at radius 3 is 2.33 bits per heavy atom. The van der Waals surface area contributed by atoms with Crippen LogP contribution in [0.2, 0.25) is 0 Å². The summed E-state index contributed by atoms with van der Waals surface area (Å²) in [4.78, 5) is 22.8. The van der Waals surface area contributed by atoms with Gasteiger partial charge in [0, 0.05) is 6.04 Å². The molecule has 0 aliphatic heterocycles. The van der Waals surface area contributed by atoms with Crippen LogP contribution < -0.4 is 10.6 Å². The fourth-order valence-electron chi connectivity index (χ4n) is 2.40. The molecule has 1 rings (SSSR count). The Balaban J connectivity index is 2.47. The Labute approximate surface area is 108 Å². The normalized spacial score (nSPS) is 25.6. The molecule has 18 heavy (non-hydrogen) atoms. The molecule has 0 heterocycles. The second-order valence-corrected chi connectivity index (χ2v) is 5.55. The Kier molecular flexibility index (Phi) is 5.44. The highest BCUT2D eigenvalue weighted by atomic mass is 16.4. The molecule has 0 bridgehead atoms. The lowest BCUT2D eigenvalue weighted by Gasteiger charge is -2.30. The van der Waals surface area contributed by atoms with E-state index in [4.69, 9.17) is 5.11 Å². The molecule has 1 aliphatic rings. The van der Waals surface area contributed by atoms with Gasteiger partial charge in [-0.3, -0.25) is 0 Å². The number of carbonyl (C=O) groups is 2. The van der Waals surface area contributed by atoms with Gasteiger partial charge in [-0.2, -0.15) is 0 Å². The van der Waals surface area contributed by atoms with Gasteiger partial charge in [0.2, 0.25) is 0 Å². The SMILES string of the molecule is CC1CCCCC1NC(=O)N[C@H](C(=O)O)C(C)C. The fraction of sp³-hybridized carbons (Fsp3) is 0.846. The number of hydrogen-bond donors (Lipinski definition) is 3. The lowest BCUT2D eigenvalue weighted by Crippen LogP contribution is -2.52. The first kappa shape index (κ1) is 14.8. The van der Waals surface area contributed by atoms with Gasteiger partial charge in [-0.05, 0) is 24.7 Å². The van der Waals surface area contributed by atoms with Gasteiger partial charge in [-0.1, -0.05) is 33.6 Å². The Bertz CT molecular complexity index is 305. The van der Waals surface area contributed by atoms with Crippen LogP contribution in [0.25, 0.3) is 0 Å². The molecule has 3 atom stereocenters. The highest BCUT2D eigenvalue weighted by Gasteiger charge is 2.26. The third kappa shape index (κ3) is 4.20. The van der Waals surface area contributed by atoms with Crippen LogP contribution in [0.5, 0.6) is 0 Å². The first-order valence-electron chi connectivity index (χ1n) is 6.71. The monoisotopic (exact) mass is 256 g/mol. The highest BCUT2D eigenvalue weighted by molar-refractivity contribution is 5.82. The fourth-order valence-corrected chi connectivity index (χ4v) is 2.40. The summed E-state index contributed by atoms with van der Waals surface area (Å²) in [5.41, 5.74) is 0. The summed E-state index contributed by atoms with van der Waals surface area (Å²) in [6.45, 7) is 5.69. The summed E-state index contributed by atoms with van der Waals surface area (Å²) in [7, 11) is 0. The second-order valence-electron chi connectivity index (χ2n) is 5.55. The molecule has 0 saturated heterocycles. The van der Waals surface area contributed by atoms with Crippen LogP contribution in [-0.4, -0.2) is 29.2 Å². The molecule has 0 spiro atoms. The number of carbonyl (C=O) groups excluding carboxylic acids is 1. The average molecular weight is 256 g/mol. The Hall–Kier alpha value is -1.26. The largest absolute Gasteiger partial charge is 0.480 e. The van der Waals surface area contributed by atoms with Gasteiger partial charge in [0.1, 0.15) is 6.04 Å². The minimum atomic E-state index is -0.989. The summed E-state index contributed by atoms with van der Waals surface area (Å²) in [6.07, 6.45) is 4.44. The summed E-state index contributed by atoms with van der Waals surface area (Å²) >= 11 is 0. The molecule has 1 aliphatic carbocycles. The summed E-state index contributed by atoms with van der Waals surface area (Å²) in [5.74, 6) is -0.652. The van der Waals surface area contributed by atoms with E-state index >= 15 is 0 Å². The van der Waals surface area contributed by atoms with Crippen LogP contribution in [-0.2, 0) is 4.79 Å². The molecule has 5 nitrogen and oxygen atoms in total. The van der Waals surface area contributed by atoms with Gasteiger partial charge < -0.3 is 15.7 Å². The van der Waals surface area contributed by atoms with E-state index in [1.165, 1.54) is 6.42 Å². The first-order valence-corrected chi connectivity index (χ1v) is 6.71. The van der Waals surface area contributed by atoms with Crippen LogP contribution >= 0.6 is 0 Å². The topological polar surface area (TPSA) is 78.4 Å². The molecule has 0 radical (unpaired) electrons. The van der Waals surface area contributed by atoms with E-state index in [2.05, 4.69) is 17.6 Å². The van der Waals surface area contributed by atoms with E-state index in [1.54, 1.807) is 13.8 Å². The molecular formula is C13H24N2O3. The zero-order chi connectivity index (χ0) is 13.7. The van der Waals surface area contributed by atoms with Crippen molar-refractivity contribution in [1.82, 2.24) is 10.6 Å². The summed E-state index contributed by atoms with van der Waals surface area (Å²) in [5, 5.41) is 14.4. The standard InChI is InChI=1S/C13H24N2O3/c1-8(2)11(12(16)17)15-13(18)14-10-7-5-4-6-9(10)3/h8-11H,4-7H2,1-3H3,(H,16,17)(H2,14,15,18)/t9?,10?,11-/m0/s1. The molecule has 2 unspecified atom stereocenters. The van der Waals surface area contributed by atoms with Gasteiger partial charge in [-0.25, -0.2) is 9.59 Å². The van der Waals surface area contributed by atoms with Gasteiger partial charge >= 0.3 is 12.0 Å². The molecule has 3 N–H and O–H groups in total. The predicted octanol–water partition coefficient (Wildman–Crippen LogP) is 1.97. The van der Waals surface area contributed by atoms with Crippen molar-refractivity contribution in [1.29, 1.82) is 0 Å². The van der Waals surface area contributed by atoms with Crippen molar-refractivity contribution < 1.29 is 14.7 Å². The van der Waals surface area contributed by atoms with Gasteiger partial charge in [0.05, 0.1) is 0 Å². The van der Waals surface area contributed by atoms with Crippen LogP contribution in [0.3, 0.4) is 0 Å². The zero-order valence-electron chi connectivity index (χ0n) is 11.4. The maximum Gasteiger partial charge on any atom is 0.326 e. The number of carboxylic acid groups (broad SMARTS) is 1. The van der Waals surface area contributed by atoms with Crippen molar-refractivity contribution in [2.75, 3.05) is 0 Å². The third-order valence-electron chi connectivity index (χ3n) is 3.65. The van der Waals surface area contributed by atoms with Crippen molar-refractivity contribution in [2.45, 2.75) is 58.5 Å². The van der Waals surface area contributed by atoms with E-state index in [1.807, 2.05) is 0 Å². The van der Waals surface area contributed by atoms with E-state index in [9.17, 15) is 9.59 Å². The van der Waals surface area contributed by atoms with Crippen molar-refractivity contribution in [3.8, 4) is 0 Å². The highest BCUT2D eigenvalue weighted by Crippen LogP contribution is 2.23. The number of rotatable bonds is 4. The second kappa shape index (κ2) is 6.61. The lowest BCUT2D eigenvalue weighted by molar-refractivity contribution is -0.140. The van der Waals surface area contributed by atoms with Gasteiger partial charge in [0.25, 0.3) is 0 Å². The van der Waals surface area contributed by atoms with E-state index in [-0.39, 0.29) is 18.0 Å². The molecule has 1 saturated carbocycles. The van der Waals surface area contributed by atoms with E-state index in [0.717, 1.165) is 19.3 Å². The van der Waals surface area contributed by atoms with Crippen LogP contribution in [0.4, 0.5) is 4.79 Å². The number of aliphatic carboxylic acids is 1. The molecule has 2 amide bonds. The molecule has 5 heteroatoms. The van der Waals surface area contributed by atoms with Crippen molar-refractivity contribution >= 4 is 12.0 Å². The minimum absolute atomic E-state index is 0.128. The lowest BCUT2D eigenvalue weighted by atomic mass is 9.86. The summed E-state index contributed by atoms with van der Waals surface area (Å²) < 4.78 is 0. The quantitative estimate of drug-likeness (QED) is 0.719. The average Bonchev–Trinajstić information content (AvgIpc) is 2.28. The molecule has 1 fully saturated rings. The van der Waals surface area contributed by atoms with Crippen LogP contribution in [0.1, 0.15) is 46.5 Å². The van der Waals surface area contributed by atoms with E-state index in [0.29, 0.717) is 5.92 Å². The number of nitrogens with one attached hydrogen (secondary N) is 2. The minimum Gasteiger partial charge on any atom is -0.480 e. The Morgan fingerprint density at radius 1 is 1.22 bits per heavy atom. The van der Waals surface area contributed by atoms with Gasteiger partial charge in [0.15, 0.2) is 0 Å². The van der Waals surface area contributed by atoms with Crippen LogP contribution in [0, 0.1) is 11.8 Å².